The van der Waals surface area contributed by atoms with Gasteiger partial charge in [-0.15, -0.1) is 0 Å². The van der Waals surface area contributed by atoms with Gasteiger partial charge in [-0.2, -0.15) is 4.98 Å². The number of H-pyrrole nitrogens is 1. The predicted molar refractivity (Wildman–Crippen MR) is 50.2 cm³/mol. The summed E-state index contributed by atoms with van der Waals surface area (Å²) in [7, 11) is 0. The molecule has 0 spiro atoms. The lowest BCUT2D eigenvalue weighted by Gasteiger charge is -1.99. The van der Waals surface area contributed by atoms with Crippen LogP contribution in [-0.2, 0) is 0 Å². The highest BCUT2D eigenvalue weighted by Gasteiger charge is 2.05. The molecule has 15 heavy (non-hydrogen) atoms. The highest BCUT2D eigenvalue weighted by Crippen LogP contribution is 2.17. The Morgan fingerprint density at radius 1 is 1.13 bits per heavy atom. The van der Waals surface area contributed by atoms with E-state index in [0.29, 0.717) is 11.3 Å². The number of rotatable bonds is 1. The van der Waals surface area contributed by atoms with Gasteiger partial charge in [-0.3, -0.25) is 0 Å². The van der Waals surface area contributed by atoms with Crippen LogP contribution in [0.3, 0.4) is 0 Å². The summed E-state index contributed by atoms with van der Waals surface area (Å²) < 4.78 is 25.5. The van der Waals surface area contributed by atoms with Gasteiger partial charge in [0.1, 0.15) is 0 Å². The Labute approximate surface area is 83.4 Å². The van der Waals surface area contributed by atoms with Crippen LogP contribution < -0.4 is 5.69 Å². The second kappa shape index (κ2) is 3.61. The zero-order valence-electron chi connectivity index (χ0n) is 7.50. The van der Waals surface area contributed by atoms with Crippen molar-refractivity contribution in [2.24, 2.45) is 0 Å². The molecule has 0 fully saturated rings. The SMILES string of the molecule is O=c1nc(-c2ccc(F)c(F)c2)cc[nH]1. The van der Waals surface area contributed by atoms with Crippen molar-refractivity contribution in [3.63, 3.8) is 0 Å². The van der Waals surface area contributed by atoms with Crippen molar-refractivity contribution < 1.29 is 8.78 Å². The first-order valence-corrected chi connectivity index (χ1v) is 4.18. The first kappa shape index (κ1) is 9.51. The van der Waals surface area contributed by atoms with Gasteiger partial charge in [-0.25, -0.2) is 13.6 Å². The number of hydrogen-bond donors (Lipinski definition) is 1. The molecule has 0 amide bonds. The third kappa shape index (κ3) is 1.90. The summed E-state index contributed by atoms with van der Waals surface area (Å²) in [4.78, 5) is 16.8. The Morgan fingerprint density at radius 3 is 2.60 bits per heavy atom. The number of aromatic amines is 1. The van der Waals surface area contributed by atoms with Crippen molar-refractivity contribution in [1.82, 2.24) is 9.97 Å². The highest BCUT2D eigenvalue weighted by molar-refractivity contribution is 5.58. The Kier molecular flexibility index (Phi) is 2.29. The number of aromatic nitrogens is 2. The van der Waals surface area contributed by atoms with Crippen molar-refractivity contribution in [2.75, 3.05) is 0 Å². The molecule has 5 heteroatoms. The van der Waals surface area contributed by atoms with Crippen LogP contribution in [0, 0.1) is 11.6 Å². The maximum absolute atomic E-state index is 12.9. The van der Waals surface area contributed by atoms with Gasteiger partial charge >= 0.3 is 5.69 Å². The van der Waals surface area contributed by atoms with Gasteiger partial charge in [-0.1, -0.05) is 0 Å². The first-order chi connectivity index (χ1) is 7.16. The van der Waals surface area contributed by atoms with E-state index >= 15 is 0 Å². The third-order valence-corrected chi connectivity index (χ3v) is 1.89. The topological polar surface area (TPSA) is 45.8 Å². The molecule has 1 aromatic heterocycles. The van der Waals surface area contributed by atoms with Crippen LogP contribution in [0.15, 0.2) is 35.3 Å². The van der Waals surface area contributed by atoms with E-state index in [9.17, 15) is 13.6 Å². The molecule has 3 nitrogen and oxygen atoms in total. The maximum atomic E-state index is 12.9. The molecule has 0 saturated heterocycles. The second-order valence-corrected chi connectivity index (χ2v) is 2.91. The summed E-state index contributed by atoms with van der Waals surface area (Å²) in [5, 5.41) is 0. The Balaban J connectivity index is 2.55. The number of benzene rings is 1. The van der Waals surface area contributed by atoms with E-state index < -0.39 is 17.3 Å². The van der Waals surface area contributed by atoms with Crippen LogP contribution >= 0.6 is 0 Å². The minimum Gasteiger partial charge on any atom is -0.313 e. The molecule has 0 bridgehead atoms. The summed E-state index contributed by atoms with van der Waals surface area (Å²) in [5.41, 5.74) is 0.134. The van der Waals surface area contributed by atoms with E-state index in [0.717, 1.165) is 12.1 Å². The fourth-order valence-electron chi connectivity index (χ4n) is 1.19. The molecule has 1 heterocycles. The lowest BCUT2D eigenvalue weighted by atomic mass is 10.1. The van der Waals surface area contributed by atoms with E-state index in [1.54, 1.807) is 0 Å². The quantitative estimate of drug-likeness (QED) is 0.775. The monoisotopic (exact) mass is 208 g/mol. The summed E-state index contributed by atoms with van der Waals surface area (Å²) in [6.45, 7) is 0. The molecule has 0 saturated carbocycles. The number of nitrogens with zero attached hydrogens (tertiary/aromatic N) is 1. The highest BCUT2D eigenvalue weighted by atomic mass is 19.2. The maximum Gasteiger partial charge on any atom is 0.345 e. The Hall–Kier alpha value is -2.04. The van der Waals surface area contributed by atoms with Crippen LogP contribution in [-0.4, -0.2) is 9.97 Å². The zero-order valence-corrected chi connectivity index (χ0v) is 7.50. The van der Waals surface area contributed by atoms with E-state index in [1.165, 1.54) is 18.3 Å². The lowest BCUT2D eigenvalue weighted by molar-refractivity contribution is 0.509. The lowest BCUT2D eigenvalue weighted by Crippen LogP contribution is -2.09. The van der Waals surface area contributed by atoms with Crippen LogP contribution in [0.4, 0.5) is 8.78 Å². The summed E-state index contributed by atoms with van der Waals surface area (Å²) in [6, 6.07) is 4.86. The van der Waals surface area contributed by atoms with Gasteiger partial charge in [0.15, 0.2) is 11.6 Å². The standard InChI is InChI=1S/C10H6F2N2O/c11-7-2-1-6(5-8(7)12)9-3-4-13-10(15)14-9/h1-5H,(H,13,14,15). The molecule has 0 aliphatic heterocycles. The van der Waals surface area contributed by atoms with E-state index in [2.05, 4.69) is 9.97 Å². The Bertz CT molecular complexity index is 551. The normalized spacial score (nSPS) is 10.3. The third-order valence-electron chi connectivity index (χ3n) is 1.89. The minimum absolute atomic E-state index is 0.303. The van der Waals surface area contributed by atoms with Gasteiger partial charge in [0.2, 0.25) is 0 Å². The molecule has 0 radical (unpaired) electrons. The van der Waals surface area contributed by atoms with Gasteiger partial charge in [0, 0.05) is 11.8 Å². The molecule has 76 valence electrons. The van der Waals surface area contributed by atoms with Gasteiger partial charge in [0.05, 0.1) is 5.69 Å². The van der Waals surface area contributed by atoms with Crippen LogP contribution in [0.2, 0.25) is 0 Å². The van der Waals surface area contributed by atoms with Gasteiger partial charge in [-0.05, 0) is 24.3 Å². The minimum atomic E-state index is -0.963. The van der Waals surface area contributed by atoms with E-state index in [-0.39, 0.29) is 0 Å². The number of hydrogen-bond acceptors (Lipinski definition) is 2. The summed E-state index contributed by atoms with van der Waals surface area (Å²) in [6.07, 6.45) is 1.39. The molecule has 0 unspecified atom stereocenters. The van der Waals surface area contributed by atoms with Gasteiger partial charge < -0.3 is 4.98 Å². The molecule has 2 aromatic rings. The molecule has 1 aromatic carbocycles. The smallest absolute Gasteiger partial charge is 0.313 e. The Morgan fingerprint density at radius 2 is 1.93 bits per heavy atom. The largest absolute Gasteiger partial charge is 0.345 e. The summed E-state index contributed by atoms with van der Waals surface area (Å²) >= 11 is 0. The molecular formula is C10H6F2N2O. The molecular weight excluding hydrogens is 202 g/mol. The summed E-state index contributed by atoms with van der Waals surface area (Å²) in [5.74, 6) is -1.89. The average Bonchev–Trinajstić information content (AvgIpc) is 2.22. The van der Waals surface area contributed by atoms with Gasteiger partial charge in [0.25, 0.3) is 0 Å². The zero-order chi connectivity index (χ0) is 10.8. The van der Waals surface area contributed by atoms with Crippen LogP contribution in [0.5, 0.6) is 0 Å². The van der Waals surface area contributed by atoms with Crippen molar-refractivity contribution >= 4 is 0 Å². The molecule has 1 N–H and O–H groups in total. The average molecular weight is 208 g/mol. The second-order valence-electron chi connectivity index (χ2n) is 2.91. The van der Waals surface area contributed by atoms with Crippen LogP contribution in [0.25, 0.3) is 11.3 Å². The van der Waals surface area contributed by atoms with Crippen LogP contribution in [0.1, 0.15) is 0 Å². The number of nitrogens with one attached hydrogen (secondary N) is 1. The number of halogens is 2. The molecule has 0 atom stereocenters. The van der Waals surface area contributed by atoms with Crippen molar-refractivity contribution in [3.8, 4) is 11.3 Å². The molecule has 2 rings (SSSR count). The fourth-order valence-corrected chi connectivity index (χ4v) is 1.19. The first-order valence-electron chi connectivity index (χ1n) is 4.18. The van der Waals surface area contributed by atoms with Crippen molar-refractivity contribution in [1.29, 1.82) is 0 Å². The predicted octanol–water partition coefficient (Wildman–Crippen LogP) is 1.72. The van der Waals surface area contributed by atoms with E-state index in [4.69, 9.17) is 0 Å². The van der Waals surface area contributed by atoms with Crippen molar-refractivity contribution in [2.45, 2.75) is 0 Å². The van der Waals surface area contributed by atoms with Crippen molar-refractivity contribution in [3.05, 3.63) is 52.6 Å². The molecule has 0 aliphatic rings. The molecule has 0 aliphatic carbocycles. The fraction of sp³-hybridized carbons (Fsp3) is 0. The van der Waals surface area contributed by atoms with E-state index in [1.807, 2.05) is 0 Å².